The van der Waals surface area contributed by atoms with Crippen molar-refractivity contribution in [2.45, 2.75) is 12.3 Å². The molecule has 268 valence electrons. The van der Waals surface area contributed by atoms with Crippen LogP contribution in [0.3, 0.4) is 0 Å². The molecule has 0 aliphatic heterocycles. The van der Waals surface area contributed by atoms with Gasteiger partial charge in [0.05, 0.1) is 11.4 Å². The maximum absolute atomic E-state index is 5.33. The normalized spacial score (nSPS) is 14.5. The van der Waals surface area contributed by atoms with Crippen LogP contribution in [0.5, 0.6) is 0 Å². The molecule has 2 heterocycles. The highest BCUT2D eigenvalue weighted by atomic mass is 32.1. The summed E-state index contributed by atoms with van der Waals surface area (Å²) in [6, 6.07) is 72.2. The summed E-state index contributed by atoms with van der Waals surface area (Å²) in [5.41, 5.74) is 15.7. The average Bonchev–Trinajstić information content (AvgIpc) is 3.79. The van der Waals surface area contributed by atoms with E-state index in [4.69, 9.17) is 9.97 Å². The zero-order valence-electron chi connectivity index (χ0n) is 31.4. The molecule has 0 amide bonds. The summed E-state index contributed by atoms with van der Waals surface area (Å²) >= 11 is 1.85. The molecule has 10 aromatic rings. The molecule has 0 bridgehead atoms. The molecule has 1 atom stereocenters. The molecule has 0 radical (unpaired) electrons. The summed E-state index contributed by atoms with van der Waals surface area (Å²) in [5, 5.41) is 2.60. The van der Waals surface area contributed by atoms with E-state index in [0.717, 1.165) is 33.6 Å². The third kappa shape index (κ3) is 5.46. The van der Waals surface area contributed by atoms with Crippen LogP contribution < -0.4 is 0 Å². The Kier molecular flexibility index (Phi) is 7.84. The Bertz CT molecular complexity index is 3140. The lowest BCUT2D eigenvalue weighted by Crippen LogP contribution is -2.22. The van der Waals surface area contributed by atoms with Gasteiger partial charge in [-0.3, -0.25) is 0 Å². The third-order valence-electron chi connectivity index (χ3n) is 11.8. The van der Waals surface area contributed by atoms with E-state index in [1.165, 1.54) is 64.7 Å². The highest BCUT2D eigenvalue weighted by molar-refractivity contribution is 7.25. The second kappa shape index (κ2) is 13.4. The molecule has 2 nitrogen and oxygen atoms in total. The van der Waals surface area contributed by atoms with Gasteiger partial charge in [0, 0.05) is 42.3 Å². The Morgan fingerprint density at radius 2 is 0.947 bits per heavy atom. The highest BCUT2D eigenvalue weighted by Gasteiger charge is 2.40. The van der Waals surface area contributed by atoms with E-state index < -0.39 is 0 Å². The van der Waals surface area contributed by atoms with Crippen LogP contribution in [0.1, 0.15) is 23.6 Å². The van der Waals surface area contributed by atoms with Gasteiger partial charge in [0.1, 0.15) is 0 Å². The fourth-order valence-electron chi connectivity index (χ4n) is 8.99. The van der Waals surface area contributed by atoms with Crippen LogP contribution in [0.25, 0.3) is 87.5 Å². The Balaban J connectivity index is 1.09. The first kappa shape index (κ1) is 33.4. The molecule has 0 saturated heterocycles. The molecule has 1 aliphatic rings. The predicted octanol–water partition coefficient (Wildman–Crippen LogP) is 14.5. The SMILES string of the molecule is CC1(c2ccccc2)c2ccccc2-c2ccc(-c3cc(-c4ccccc4-c4ccccc4-c4ccc5sc6ccccc6c5c4)nc(-c4ccccc4)n3)cc21. The minimum Gasteiger partial charge on any atom is -0.228 e. The lowest BCUT2D eigenvalue weighted by atomic mass is 9.74. The van der Waals surface area contributed by atoms with Crippen molar-refractivity contribution in [3.63, 3.8) is 0 Å². The zero-order chi connectivity index (χ0) is 37.9. The fourth-order valence-corrected chi connectivity index (χ4v) is 10.1. The molecule has 1 unspecified atom stereocenters. The number of nitrogens with zero attached hydrogens (tertiary/aromatic N) is 2. The molecule has 0 saturated carbocycles. The van der Waals surface area contributed by atoms with Crippen LogP contribution in [0.4, 0.5) is 0 Å². The van der Waals surface area contributed by atoms with Crippen molar-refractivity contribution in [3.05, 3.63) is 217 Å². The van der Waals surface area contributed by atoms with Gasteiger partial charge in [0.15, 0.2) is 5.82 Å². The van der Waals surface area contributed by atoms with Crippen molar-refractivity contribution >= 4 is 31.5 Å². The van der Waals surface area contributed by atoms with Crippen molar-refractivity contribution < 1.29 is 0 Å². The summed E-state index contributed by atoms with van der Waals surface area (Å²) in [4.78, 5) is 10.6. The minimum atomic E-state index is -0.310. The number of rotatable bonds is 6. The van der Waals surface area contributed by atoms with Gasteiger partial charge in [-0.15, -0.1) is 11.3 Å². The van der Waals surface area contributed by atoms with Crippen LogP contribution in [0.15, 0.2) is 200 Å². The Hall–Kier alpha value is -6.94. The van der Waals surface area contributed by atoms with Crippen LogP contribution in [0, 0.1) is 0 Å². The van der Waals surface area contributed by atoms with Crippen molar-refractivity contribution in [1.82, 2.24) is 9.97 Å². The first-order chi connectivity index (χ1) is 28.1. The molecule has 3 heteroatoms. The lowest BCUT2D eigenvalue weighted by molar-refractivity contribution is 0.714. The minimum absolute atomic E-state index is 0.310. The topological polar surface area (TPSA) is 25.8 Å². The maximum atomic E-state index is 5.33. The Morgan fingerprint density at radius 3 is 1.75 bits per heavy atom. The number of aromatic nitrogens is 2. The second-order valence-electron chi connectivity index (χ2n) is 15.0. The van der Waals surface area contributed by atoms with Crippen molar-refractivity contribution in [2.24, 2.45) is 0 Å². The average molecular weight is 745 g/mol. The van der Waals surface area contributed by atoms with E-state index in [-0.39, 0.29) is 5.41 Å². The van der Waals surface area contributed by atoms with Gasteiger partial charge >= 0.3 is 0 Å². The zero-order valence-corrected chi connectivity index (χ0v) is 32.2. The van der Waals surface area contributed by atoms with Gasteiger partial charge in [0.2, 0.25) is 0 Å². The number of thiophene rings is 1. The molecule has 57 heavy (non-hydrogen) atoms. The maximum Gasteiger partial charge on any atom is 0.160 e. The van der Waals surface area contributed by atoms with E-state index in [0.29, 0.717) is 5.82 Å². The van der Waals surface area contributed by atoms with Crippen LogP contribution in [-0.4, -0.2) is 9.97 Å². The number of hydrogen-bond donors (Lipinski definition) is 0. The standard InChI is InChI=1S/C54H36N2S/c1-54(38-18-6-3-7-19-38)47-26-14-12-23-42(47)43-30-28-37(33-48(43)54)49-34-50(56-53(55-49)35-16-4-2-5-17-35)44-24-11-10-22-41(44)40-21-9-8-20-39(40)36-29-31-52-46(32-36)45-25-13-15-27-51(45)57-52/h2-34H,1H3. The predicted molar refractivity (Wildman–Crippen MR) is 240 cm³/mol. The summed E-state index contributed by atoms with van der Waals surface area (Å²) < 4.78 is 2.62. The molecule has 11 rings (SSSR count). The Morgan fingerprint density at radius 1 is 0.368 bits per heavy atom. The van der Waals surface area contributed by atoms with Gasteiger partial charge < -0.3 is 0 Å². The summed E-state index contributed by atoms with van der Waals surface area (Å²) in [6.45, 7) is 2.36. The van der Waals surface area contributed by atoms with Gasteiger partial charge in [-0.25, -0.2) is 9.97 Å². The van der Waals surface area contributed by atoms with E-state index in [9.17, 15) is 0 Å². The van der Waals surface area contributed by atoms with Crippen LogP contribution >= 0.6 is 11.3 Å². The molecule has 0 spiro atoms. The van der Waals surface area contributed by atoms with Crippen molar-refractivity contribution in [1.29, 1.82) is 0 Å². The fraction of sp³-hybridized carbons (Fsp3) is 0.0370. The summed E-state index contributed by atoms with van der Waals surface area (Å²) in [6.07, 6.45) is 0. The van der Waals surface area contributed by atoms with Crippen LogP contribution in [0.2, 0.25) is 0 Å². The van der Waals surface area contributed by atoms with E-state index in [1.54, 1.807) is 0 Å². The summed E-state index contributed by atoms with van der Waals surface area (Å²) in [5.74, 6) is 0.704. The number of benzene rings is 8. The summed E-state index contributed by atoms with van der Waals surface area (Å²) in [7, 11) is 0. The highest BCUT2D eigenvalue weighted by Crippen LogP contribution is 2.53. The number of fused-ring (bicyclic) bond motifs is 6. The van der Waals surface area contributed by atoms with Gasteiger partial charge in [0.25, 0.3) is 0 Å². The lowest BCUT2D eigenvalue weighted by Gasteiger charge is -2.28. The van der Waals surface area contributed by atoms with Crippen LogP contribution in [-0.2, 0) is 5.41 Å². The van der Waals surface area contributed by atoms with E-state index in [1.807, 2.05) is 17.4 Å². The quantitative estimate of drug-likeness (QED) is 0.169. The van der Waals surface area contributed by atoms with E-state index in [2.05, 4.69) is 201 Å². The second-order valence-corrected chi connectivity index (χ2v) is 16.1. The first-order valence-electron chi connectivity index (χ1n) is 19.5. The number of hydrogen-bond acceptors (Lipinski definition) is 3. The van der Waals surface area contributed by atoms with Gasteiger partial charge in [-0.1, -0.05) is 170 Å². The third-order valence-corrected chi connectivity index (χ3v) is 13.0. The molecule has 8 aromatic carbocycles. The first-order valence-corrected chi connectivity index (χ1v) is 20.3. The largest absolute Gasteiger partial charge is 0.228 e. The molecule has 1 aliphatic carbocycles. The smallest absolute Gasteiger partial charge is 0.160 e. The molecule has 2 aromatic heterocycles. The van der Waals surface area contributed by atoms with Crippen molar-refractivity contribution in [3.8, 4) is 67.3 Å². The van der Waals surface area contributed by atoms with Gasteiger partial charge in [-0.05, 0) is 87.3 Å². The van der Waals surface area contributed by atoms with Gasteiger partial charge in [-0.2, -0.15) is 0 Å². The molecular weight excluding hydrogens is 709 g/mol. The molecule has 0 N–H and O–H groups in total. The molecule has 0 fully saturated rings. The van der Waals surface area contributed by atoms with E-state index >= 15 is 0 Å². The monoisotopic (exact) mass is 744 g/mol. The molecular formula is C54H36N2S. The van der Waals surface area contributed by atoms with Crippen molar-refractivity contribution in [2.75, 3.05) is 0 Å². The Labute approximate surface area is 336 Å².